The third kappa shape index (κ3) is 4.54. The van der Waals surface area contributed by atoms with E-state index in [0.29, 0.717) is 17.2 Å². The van der Waals surface area contributed by atoms with Gasteiger partial charge in [-0.05, 0) is 25.3 Å². The Balaban J connectivity index is 2.10. The Bertz CT molecular complexity index is 591. The molecule has 0 bridgehead atoms. The standard InChI is InChI=1S/C19H25NO4/c1-22-15-13-17(23-2)16(18(14-15)24-3)9-5-6-10-19(21)20-11-7-4-8-12-20/h5-6,9-10,13-14H,4,7-8,11-12H2,1-3H3/b9-5+,10-6+. The van der Waals surface area contributed by atoms with E-state index in [1.54, 1.807) is 45.6 Å². The molecule has 1 aliphatic rings. The van der Waals surface area contributed by atoms with Gasteiger partial charge in [-0.15, -0.1) is 0 Å². The lowest BCUT2D eigenvalue weighted by Crippen LogP contribution is -2.34. The highest BCUT2D eigenvalue weighted by Gasteiger charge is 2.13. The van der Waals surface area contributed by atoms with Gasteiger partial charge in [0.15, 0.2) is 0 Å². The molecule has 1 aromatic rings. The molecule has 5 nitrogen and oxygen atoms in total. The Morgan fingerprint density at radius 2 is 1.58 bits per heavy atom. The van der Waals surface area contributed by atoms with Crippen LogP contribution in [0.1, 0.15) is 24.8 Å². The summed E-state index contributed by atoms with van der Waals surface area (Å²) in [6.07, 6.45) is 10.4. The Morgan fingerprint density at radius 3 is 2.12 bits per heavy atom. The number of hydrogen-bond acceptors (Lipinski definition) is 4. The van der Waals surface area contributed by atoms with Crippen LogP contribution in [0, 0.1) is 0 Å². The van der Waals surface area contributed by atoms with Gasteiger partial charge in [0.2, 0.25) is 5.91 Å². The third-order valence-electron chi connectivity index (χ3n) is 4.03. The van der Waals surface area contributed by atoms with E-state index in [-0.39, 0.29) is 5.91 Å². The van der Waals surface area contributed by atoms with Crippen LogP contribution in [0.3, 0.4) is 0 Å². The van der Waals surface area contributed by atoms with Crippen LogP contribution in [-0.2, 0) is 4.79 Å². The van der Waals surface area contributed by atoms with E-state index in [9.17, 15) is 4.79 Å². The van der Waals surface area contributed by atoms with E-state index in [1.807, 2.05) is 17.1 Å². The van der Waals surface area contributed by atoms with Crippen molar-refractivity contribution < 1.29 is 19.0 Å². The lowest BCUT2D eigenvalue weighted by atomic mass is 10.1. The van der Waals surface area contributed by atoms with E-state index in [1.165, 1.54) is 6.42 Å². The Hall–Kier alpha value is -2.43. The number of benzene rings is 1. The molecule has 0 spiro atoms. The van der Waals surface area contributed by atoms with Crippen molar-refractivity contribution in [2.24, 2.45) is 0 Å². The first-order chi connectivity index (χ1) is 11.7. The number of hydrogen-bond donors (Lipinski definition) is 0. The Morgan fingerprint density at radius 1 is 0.958 bits per heavy atom. The monoisotopic (exact) mass is 331 g/mol. The molecule has 1 aromatic carbocycles. The molecule has 0 unspecified atom stereocenters. The SMILES string of the molecule is COc1cc(OC)c(/C=C/C=C/C(=O)N2CCCCC2)c(OC)c1. The molecule has 0 radical (unpaired) electrons. The van der Waals surface area contributed by atoms with Gasteiger partial charge in [0.1, 0.15) is 17.2 Å². The average Bonchev–Trinajstić information content (AvgIpc) is 2.65. The predicted molar refractivity (Wildman–Crippen MR) is 94.7 cm³/mol. The number of likely N-dealkylation sites (tertiary alicyclic amines) is 1. The highest BCUT2D eigenvalue weighted by molar-refractivity contribution is 5.88. The molecule has 1 aliphatic heterocycles. The van der Waals surface area contributed by atoms with Gasteiger partial charge < -0.3 is 19.1 Å². The van der Waals surface area contributed by atoms with E-state index in [0.717, 1.165) is 31.5 Å². The van der Waals surface area contributed by atoms with Crippen molar-refractivity contribution >= 4 is 12.0 Å². The van der Waals surface area contributed by atoms with Crippen molar-refractivity contribution in [1.82, 2.24) is 4.90 Å². The Kier molecular flexibility index (Phi) is 6.73. The van der Waals surface area contributed by atoms with Gasteiger partial charge in [0.05, 0.1) is 26.9 Å². The fraction of sp³-hybridized carbons (Fsp3) is 0.421. The summed E-state index contributed by atoms with van der Waals surface area (Å²) in [5.41, 5.74) is 0.802. The molecule has 5 heteroatoms. The number of carbonyl (C=O) groups is 1. The quantitative estimate of drug-likeness (QED) is 0.593. The maximum Gasteiger partial charge on any atom is 0.246 e. The summed E-state index contributed by atoms with van der Waals surface area (Å²) in [4.78, 5) is 14.0. The second-order valence-electron chi connectivity index (χ2n) is 5.55. The molecule has 0 aliphatic carbocycles. The number of carbonyl (C=O) groups excluding carboxylic acids is 1. The van der Waals surface area contributed by atoms with Gasteiger partial charge in [-0.3, -0.25) is 4.79 Å². The van der Waals surface area contributed by atoms with Crippen molar-refractivity contribution in [2.75, 3.05) is 34.4 Å². The first-order valence-corrected chi connectivity index (χ1v) is 8.13. The first kappa shape index (κ1) is 17.9. The van der Waals surface area contributed by atoms with Crippen molar-refractivity contribution in [3.05, 3.63) is 35.9 Å². The number of piperidine rings is 1. The highest BCUT2D eigenvalue weighted by Crippen LogP contribution is 2.34. The zero-order valence-electron chi connectivity index (χ0n) is 14.6. The highest BCUT2D eigenvalue weighted by atomic mass is 16.5. The molecular formula is C19H25NO4. The van der Waals surface area contributed by atoms with Gasteiger partial charge >= 0.3 is 0 Å². The smallest absolute Gasteiger partial charge is 0.246 e. The number of nitrogens with zero attached hydrogens (tertiary/aromatic N) is 1. The summed E-state index contributed by atoms with van der Waals surface area (Å²) in [5, 5.41) is 0. The van der Waals surface area contributed by atoms with Crippen LogP contribution in [0.5, 0.6) is 17.2 Å². The molecule has 0 saturated carbocycles. The first-order valence-electron chi connectivity index (χ1n) is 8.13. The molecule has 1 amide bonds. The summed E-state index contributed by atoms with van der Waals surface area (Å²) >= 11 is 0. The van der Waals surface area contributed by atoms with E-state index in [2.05, 4.69) is 0 Å². The molecule has 0 N–H and O–H groups in total. The van der Waals surface area contributed by atoms with E-state index in [4.69, 9.17) is 14.2 Å². The van der Waals surface area contributed by atoms with Crippen LogP contribution in [0.25, 0.3) is 6.08 Å². The minimum absolute atomic E-state index is 0.0630. The number of amides is 1. The molecular weight excluding hydrogens is 306 g/mol. The second kappa shape index (κ2) is 9.01. The number of ether oxygens (including phenoxy) is 3. The van der Waals surface area contributed by atoms with Crippen molar-refractivity contribution in [3.63, 3.8) is 0 Å². The summed E-state index contributed by atoms with van der Waals surface area (Å²) in [5.74, 6) is 2.03. The van der Waals surface area contributed by atoms with Gasteiger partial charge in [-0.1, -0.05) is 12.2 Å². The maximum absolute atomic E-state index is 12.1. The summed E-state index contributed by atoms with van der Waals surface area (Å²) in [6.45, 7) is 1.71. The van der Waals surface area contributed by atoms with Crippen LogP contribution in [0.2, 0.25) is 0 Å². The molecule has 130 valence electrons. The second-order valence-corrected chi connectivity index (χ2v) is 5.55. The third-order valence-corrected chi connectivity index (χ3v) is 4.03. The topological polar surface area (TPSA) is 48.0 Å². The number of allylic oxidation sites excluding steroid dienone is 2. The van der Waals surface area contributed by atoms with Gasteiger partial charge in [0, 0.05) is 31.3 Å². The van der Waals surface area contributed by atoms with Crippen LogP contribution in [0.15, 0.2) is 30.4 Å². The zero-order chi connectivity index (χ0) is 17.4. The Labute approximate surface area is 143 Å². The van der Waals surface area contributed by atoms with Crippen LogP contribution >= 0.6 is 0 Å². The lowest BCUT2D eigenvalue weighted by molar-refractivity contribution is -0.126. The minimum atomic E-state index is 0.0630. The van der Waals surface area contributed by atoms with Crippen molar-refractivity contribution in [3.8, 4) is 17.2 Å². The van der Waals surface area contributed by atoms with Crippen LogP contribution in [0.4, 0.5) is 0 Å². The van der Waals surface area contributed by atoms with Crippen molar-refractivity contribution in [1.29, 1.82) is 0 Å². The molecule has 24 heavy (non-hydrogen) atoms. The average molecular weight is 331 g/mol. The summed E-state index contributed by atoms with van der Waals surface area (Å²) in [7, 11) is 4.79. The van der Waals surface area contributed by atoms with Crippen molar-refractivity contribution in [2.45, 2.75) is 19.3 Å². The van der Waals surface area contributed by atoms with Crippen LogP contribution < -0.4 is 14.2 Å². The summed E-state index contributed by atoms with van der Waals surface area (Å²) < 4.78 is 16.0. The normalized spacial score (nSPS) is 15.0. The predicted octanol–water partition coefficient (Wildman–Crippen LogP) is 3.29. The fourth-order valence-electron chi connectivity index (χ4n) is 2.71. The number of methoxy groups -OCH3 is 3. The van der Waals surface area contributed by atoms with E-state index >= 15 is 0 Å². The van der Waals surface area contributed by atoms with Gasteiger partial charge in [0.25, 0.3) is 0 Å². The largest absolute Gasteiger partial charge is 0.496 e. The van der Waals surface area contributed by atoms with Crippen LogP contribution in [-0.4, -0.2) is 45.2 Å². The maximum atomic E-state index is 12.1. The molecule has 1 heterocycles. The summed E-state index contributed by atoms with van der Waals surface area (Å²) in [6, 6.07) is 3.59. The molecule has 0 aromatic heterocycles. The van der Waals surface area contributed by atoms with Gasteiger partial charge in [-0.25, -0.2) is 0 Å². The fourth-order valence-corrected chi connectivity index (χ4v) is 2.71. The van der Waals surface area contributed by atoms with E-state index < -0.39 is 0 Å². The molecule has 2 rings (SSSR count). The van der Waals surface area contributed by atoms with Gasteiger partial charge in [-0.2, -0.15) is 0 Å². The zero-order valence-corrected chi connectivity index (χ0v) is 14.6. The molecule has 1 fully saturated rings. The minimum Gasteiger partial charge on any atom is -0.496 e. The number of rotatable bonds is 6. The molecule has 0 atom stereocenters. The lowest BCUT2D eigenvalue weighted by Gasteiger charge is -2.25. The molecule has 1 saturated heterocycles.